The third-order valence-corrected chi connectivity index (χ3v) is 3.43. The van der Waals surface area contributed by atoms with Crippen LogP contribution in [0, 0.1) is 0 Å². The molecular formula is C13H22N4. The third kappa shape index (κ3) is 3.40. The first-order chi connectivity index (χ1) is 8.42. The molecule has 0 bridgehead atoms. The van der Waals surface area contributed by atoms with Crippen LogP contribution in [-0.2, 0) is 0 Å². The van der Waals surface area contributed by atoms with Crippen LogP contribution in [-0.4, -0.2) is 29.1 Å². The summed E-state index contributed by atoms with van der Waals surface area (Å²) in [7, 11) is 0. The lowest BCUT2D eigenvalue weighted by atomic mass is 9.94. The van der Waals surface area contributed by atoms with Gasteiger partial charge in [0.25, 0.3) is 0 Å². The Morgan fingerprint density at radius 3 is 2.53 bits per heavy atom. The number of rotatable bonds is 5. The molecule has 94 valence electrons. The molecule has 4 heteroatoms. The molecule has 0 spiro atoms. The van der Waals surface area contributed by atoms with Gasteiger partial charge in [-0.2, -0.15) is 0 Å². The van der Waals surface area contributed by atoms with Gasteiger partial charge in [-0.15, -0.1) is 0 Å². The number of hydrogen-bond acceptors (Lipinski definition) is 4. The van der Waals surface area contributed by atoms with Gasteiger partial charge in [-0.1, -0.05) is 19.3 Å². The summed E-state index contributed by atoms with van der Waals surface area (Å²) in [5.74, 6) is 0.868. The van der Waals surface area contributed by atoms with E-state index >= 15 is 0 Å². The maximum atomic E-state index is 5.62. The Kier molecular flexibility index (Phi) is 4.74. The molecule has 1 fully saturated rings. The van der Waals surface area contributed by atoms with Crippen molar-refractivity contribution in [3.05, 3.63) is 18.5 Å². The van der Waals surface area contributed by atoms with E-state index in [0.717, 1.165) is 25.5 Å². The average Bonchev–Trinajstić information content (AvgIpc) is 2.42. The van der Waals surface area contributed by atoms with Crippen LogP contribution in [0.2, 0.25) is 0 Å². The Morgan fingerprint density at radius 2 is 1.88 bits per heavy atom. The summed E-state index contributed by atoms with van der Waals surface area (Å²) in [6.07, 6.45) is 11.2. The predicted octanol–water partition coefficient (Wildman–Crippen LogP) is 1.96. The lowest BCUT2D eigenvalue weighted by Crippen LogP contribution is -2.39. The van der Waals surface area contributed by atoms with Crippen molar-refractivity contribution in [2.75, 3.05) is 18.0 Å². The molecule has 1 aliphatic carbocycles. The fraction of sp³-hybridized carbons (Fsp3) is 0.692. The molecule has 1 saturated carbocycles. The number of hydrogen-bond donors (Lipinski definition) is 1. The van der Waals surface area contributed by atoms with Crippen LogP contribution in [0.15, 0.2) is 18.5 Å². The zero-order valence-corrected chi connectivity index (χ0v) is 10.4. The normalized spacial score (nSPS) is 17.0. The van der Waals surface area contributed by atoms with Crippen molar-refractivity contribution in [1.29, 1.82) is 0 Å². The molecule has 2 rings (SSSR count). The van der Waals surface area contributed by atoms with Crippen molar-refractivity contribution in [3.8, 4) is 0 Å². The van der Waals surface area contributed by atoms with E-state index in [1.54, 1.807) is 0 Å². The van der Waals surface area contributed by atoms with Gasteiger partial charge in [-0.25, -0.2) is 9.97 Å². The number of aromatic nitrogens is 2. The van der Waals surface area contributed by atoms with E-state index < -0.39 is 0 Å². The van der Waals surface area contributed by atoms with Gasteiger partial charge in [0.05, 0.1) is 0 Å². The number of nitrogens with zero attached hydrogens (tertiary/aromatic N) is 3. The zero-order chi connectivity index (χ0) is 11.9. The Morgan fingerprint density at radius 1 is 1.18 bits per heavy atom. The summed E-state index contributed by atoms with van der Waals surface area (Å²) in [6.45, 7) is 1.71. The Balaban J connectivity index is 2.06. The van der Waals surface area contributed by atoms with Crippen LogP contribution in [0.3, 0.4) is 0 Å². The molecular weight excluding hydrogens is 212 g/mol. The zero-order valence-electron chi connectivity index (χ0n) is 10.4. The fourth-order valence-electron chi connectivity index (χ4n) is 2.54. The van der Waals surface area contributed by atoms with Crippen molar-refractivity contribution in [3.63, 3.8) is 0 Å². The molecule has 1 heterocycles. The molecule has 0 aromatic carbocycles. The summed E-state index contributed by atoms with van der Waals surface area (Å²) in [5.41, 5.74) is 5.62. The van der Waals surface area contributed by atoms with E-state index in [1.807, 2.05) is 18.5 Å². The number of nitrogens with two attached hydrogens (primary N) is 1. The summed E-state index contributed by atoms with van der Waals surface area (Å²) in [4.78, 5) is 11.1. The van der Waals surface area contributed by atoms with Gasteiger partial charge in [-0.05, 0) is 31.9 Å². The van der Waals surface area contributed by atoms with E-state index in [0.29, 0.717) is 6.04 Å². The topological polar surface area (TPSA) is 55.0 Å². The van der Waals surface area contributed by atoms with Gasteiger partial charge in [0.1, 0.15) is 0 Å². The minimum absolute atomic E-state index is 0.609. The highest BCUT2D eigenvalue weighted by molar-refractivity contribution is 5.30. The maximum absolute atomic E-state index is 5.62. The molecule has 17 heavy (non-hydrogen) atoms. The largest absolute Gasteiger partial charge is 0.338 e. The molecule has 1 aromatic rings. The van der Waals surface area contributed by atoms with Crippen LogP contribution < -0.4 is 10.6 Å². The first-order valence-corrected chi connectivity index (χ1v) is 6.65. The van der Waals surface area contributed by atoms with Crippen molar-refractivity contribution in [2.24, 2.45) is 5.73 Å². The van der Waals surface area contributed by atoms with Gasteiger partial charge < -0.3 is 10.6 Å². The van der Waals surface area contributed by atoms with Crippen molar-refractivity contribution < 1.29 is 0 Å². The van der Waals surface area contributed by atoms with E-state index in [4.69, 9.17) is 5.73 Å². The van der Waals surface area contributed by atoms with E-state index in [9.17, 15) is 0 Å². The highest BCUT2D eigenvalue weighted by Crippen LogP contribution is 2.25. The molecule has 2 N–H and O–H groups in total. The molecule has 1 aliphatic rings. The van der Waals surface area contributed by atoms with Gasteiger partial charge >= 0.3 is 0 Å². The average molecular weight is 234 g/mol. The van der Waals surface area contributed by atoms with Crippen LogP contribution in [0.4, 0.5) is 5.95 Å². The molecule has 0 radical (unpaired) electrons. The molecule has 0 saturated heterocycles. The van der Waals surface area contributed by atoms with Gasteiger partial charge in [0.15, 0.2) is 0 Å². The lowest BCUT2D eigenvalue weighted by Gasteiger charge is -2.34. The van der Waals surface area contributed by atoms with Gasteiger partial charge in [0.2, 0.25) is 5.95 Å². The van der Waals surface area contributed by atoms with Crippen LogP contribution in [0.25, 0.3) is 0 Å². The quantitative estimate of drug-likeness (QED) is 0.846. The molecule has 4 nitrogen and oxygen atoms in total. The smallest absolute Gasteiger partial charge is 0.225 e. The predicted molar refractivity (Wildman–Crippen MR) is 69.9 cm³/mol. The first kappa shape index (κ1) is 12.3. The molecule has 0 unspecified atom stereocenters. The summed E-state index contributed by atoms with van der Waals surface area (Å²) in [5, 5.41) is 0. The molecule has 0 aliphatic heterocycles. The van der Waals surface area contributed by atoms with E-state index in [-0.39, 0.29) is 0 Å². The van der Waals surface area contributed by atoms with Gasteiger partial charge in [0, 0.05) is 25.0 Å². The fourth-order valence-corrected chi connectivity index (χ4v) is 2.54. The highest BCUT2D eigenvalue weighted by Gasteiger charge is 2.22. The number of anilines is 1. The third-order valence-electron chi connectivity index (χ3n) is 3.43. The second-order valence-corrected chi connectivity index (χ2v) is 4.68. The minimum atomic E-state index is 0.609. The Hall–Kier alpha value is -1.16. The standard InChI is InChI=1S/C13H22N4/c14-8-4-11-17(12-6-2-1-3-7-12)13-15-9-5-10-16-13/h5,9-10,12H,1-4,6-8,11,14H2. The minimum Gasteiger partial charge on any atom is -0.338 e. The lowest BCUT2D eigenvalue weighted by molar-refractivity contribution is 0.409. The maximum Gasteiger partial charge on any atom is 0.225 e. The monoisotopic (exact) mass is 234 g/mol. The van der Waals surface area contributed by atoms with Crippen molar-refractivity contribution >= 4 is 5.95 Å². The van der Waals surface area contributed by atoms with Crippen LogP contribution in [0.5, 0.6) is 0 Å². The second-order valence-electron chi connectivity index (χ2n) is 4.68. The first-order valence-electron chi connectivity index (χ1n) is 6.65. The molecule has 0 amide bonds. The summed E-state index contributed by atoms with van der Waals surface area (Å²) < 4.78 is 0. The Labute approximate surface area is 103 Å². The van der Waals surface area contributed by atoms with E-state index in [2.05, 4.69) is 14.9 Å². The molecule has 1 aromatic heterocycles. The van der Waals surface area contributed by atoms with E-state index in [1.165, 1.54) is 32.1 Å². The second kappa shape index (κ2) is 6.55. The Bertz CT molecular complexity index is 308. The van der Waals surface area contributed by atoms with Gasteiger partial charge in [-0.3, -0.25) is 0 Å². The van der Waals surface area contributed by atoms with Crippen molar-refractivity contribution in [2.45, 2.75) is 44.6 Å². The summed E-state index contributed by atoms with van der Waals surface area (Å²) >= 11 is 0. The molecule has 0 atom stereocenters. The van der Waals surface area contributed by atoms with Crippen molar-refractivity contribution in [1.82, 2.24) is 9.97 Å². The van der Waals surface area contributed by atoms with Crippen LogP contribution in [0.1, 0.15) is 38.5 Å². The summed E-state index contributed by atoms with van der Waals surface area (Å²) in [6, 6.07) is 2.48. The van der Waals surface area contributed by atoms with Crippen LogP contribution >= 0.6 is 0 Å². The SMILES string of the molecule is NCCCN(c1ncccn1)C1CCCCC1. The highest BCUT2D eigenvalue weighted by atomic mass is 15.3.